The number of carbonyl (C=O) groups is 2. The summed E-state index contributed by atoms with van der Waals surface area (Å²) < 4.78 is 11.2. The van der Waals surface area contributed by atoms with E-state index in [9.17, 15) is 14.7 Å². The molecule has 3 aromatic carbocycles. The number of methoxy groups -OCH3 is 1. The number of aliphatic hydroxyl groups excluding tert-OH is 1. The van der Waals surface area contributed by atoms with E-state index in [0.717, 1.165) is 12.0 Å². The van der Waals surface area contributed by atoms with Crippen molar-refractivity contribution in [3.8, 4) is 11.5 Å². The van der Waals surface area contributed by atoms with Gasteiger partial charge in [-0.25, -0.2) is 0 Å². The molecule has 1 atom stereocenters. The number of nitrogens with zero attached hydrogens (tertiary/aromatic N) is 1. The van der Waals surface area contributed by atoms with Crippen molar-refractivity contribution in [2.75, 3.05) is 18.6 Å². The van der Waals surface area contributed by atoms with Gasteiger partial charge >= 0.3 is 0 Å². The molecule has 0 aliphatic carbocycles. The molecule has 1 amide bonds. The Hall–Kier alpha value is -4.06. The van der Waals surface area contributed by atoms with Crippen LogP contribution in [-0.4, -0.2) is 30.5 Å². The average molecular weight is 500 g/mol. The van der Waals surface area contributed by atoms with Crippen molar-refractivity contribution in [2.45, 2.75) is 45.6 Å². The van der Waals surface area contributed by atoms with Crippen LogP contribution in [0, 0.1) is 0 Å². The van der Waals surface area contributed by atoms with E-state index >= 15 is 0 Å². The van der Waals surface area contributed by atoms with E-state index in [0.29, 0.717) is 34.9 Å². The van der Waals surface area contributed by atoms with Crippen molar-refractivity contribution in [1.29, 1.82) is 0 Å². The minimum Gasteiger partial charge on any atom is -0.507 e. The van der Waals surface area contributed by atoms with Crippen molar-refractivity contribution in [1.82, 2.24) is 0 Å². The molecule has 1 unspecified atom stereocenters. The number of carbonyl (C=O) groups excluding carboxylic acids is 2. The van der Waals surface area contributed by atoms with Crippen LogP contribution in [0.15, 0.2) is 78.4 Å². The third-order valence-corrected chi connectivity index (χ3v) is 6.49. The fraction of sp³-hybridized carbons (Fsp3) is 0.290. The average Bonchev–Trinajstić information content (AvgIpc) is 3.16. The highest BCUT2D eigenvalue weighted by atomic mass is 16.5. The molecule has 0 bridgehead atoms. The summed E-state index contributed by atoms with van der Waals surface area (Å²) >= 11 is 0. The van der Waals surface area contributed by atoms with Crippen LogP contribution in [0.3, 0.4) is 0 Å². The predicted molar refractivity (Wildman–Crippen MR) is 145 cm³/mol. The molecule has 0 radical (unpaired) electrons. The van der Waals surface area contributed by atoms with Gasteiger partial charge in [-0.2, -0.15) is 0 Å². The summed E-state index contributed by atoms with van der Waals surface area (Å²) in [7, 11) is 1.54. The molecule has 4 rings (SSSR count). The van der Waals surface area contributed by atoms with Crippen LogP contribution in [0.25, 0.3) is 5.76 Å². The Morgan fingerprint density at radius 3 is 2.19 bits per heavy atom. The standard InChI is InChI=1S/C31H33NO5/c1-6-19-37-23-17-11-20(12-18-23)28(33)26-27(24-9-7-8-10-25(24)36-5)32(30(35)29(26)34)22-15-13-21(14-16-22)31(2,3)4/h7-18,27,33H,6,19H2,1-5H3/b28-26+. The van der Waals surface area contributed by atoms with Gasteiger partial charge in [0.05, 0.1) is 25.3 Å². The molecule has 1 aliphatic rings. The number of para-hydroxylation sites is 1. The number of benzene rings is 3. The van der Waals surface area contributed by atoms with Crippen molar-refractivity contribution < 1.29 is 24.2 Å². The van der Waals surface area contributed by atoms with Crippen molar-refractivity contribution in [3.63, 3.8) is 0 Å². The van der Waals surface area contributed by atoms with Gasteiger partial charge < -0.3 is 14.6 Å². The summed E-state index contributed by atoms with van der Waals surface area (Å²) in [6, 6.07) is 20.8. The molecule has 1 aliphatic heterocycles. The lowest BCUT2D eigenvalue weighted by molar-refractivity contribution is -0.132. The first-order valence-electron chi connectivity index (χ1n) is 12.4. The van der Waals surface area contributed by atoms with Gasteiger partial charge in [0.25, 0.3) is 11.7 Å². The summed E-state index contributed by atoms with van der Waals surface area (Å²) in [6.07, 6.45) is 0.876. The highest BCUT2D eigenvalue weighted by molar-refractivity contribution is 6.51. The first kappa shape index (κ1) is 26.0. The second-order valence-electron chi connectivity index (χ2n) is 10.1. The second-order valence-corrected chi connectivity index (χ2v) is 10.1. The number of Topliss-reactive ketones (excluding diaryl/α,β-unsaturated/α-hetero) is 1. The van der Waals surface area contributed by atoms with Gasteiger partial charge in [-0.3, -0.25) is 14.5 Å². The lowest BCUT2D eigenvalue weighted by Gasteiger charge is -2.27. The van der Waals surface area contributed by atoms with Crippen molar-refractivity contribution in [3.05, 3.63) is 95.1 Å². The molecule has 1 fully saturated rings. The zero-order valence-electron chi connectivity index (χ0n) is 21.9. The van der Waals surface area contributed by atoms with Crippen LogP contribution in [0.4, 0.5) is 5.69 Å². The van der Waals surface area contributed by atoms with E-state index in [1.54, 1.807) is 36.4 Å². The maximum atomic E-state index is 13.5. The number of ether oxygens (including phenoxy) is 2. The van der Waals surface area contributed by atoms with Crippen LogP contribution in [0.1, 0.15) is 56.8 Å². The minimum absolute atomic E-state index is 0.0108. The summed E-state index contributed by atoms with van der Waals surface area (Å²) in [5.41, 5.74) is 2.64. The molecule has 1 saturated heterocycles. The Bertz CT molecular complexity index is 1320. The van der Waals surface area contributed by atoms with Crippen LogP contribution in [-0.2, 0) is 15.0 Å². The van der Waals surface area contributed by atoms with Gasteiger partial charge in [0.15, 0.2) is 0 Å². The number of aliphatic hydroxyl groups is 1. The molecule has 6 heteroatoms. The van der Waals surface area contributed by atoms with Gasteiger partial charge in [0.1, 0.15) is 17.3 Å². The number of hydrogen-bond donors (Lipinski definition) is 1. The summed E-state index contributed by atoms with van der Waals surface area (Å²) in [5, 5.41) is 11.4. The van der Waals surface area contributed by atoms with E-state index in [1.807, 2.05) is 43.3 Å². The third-order valence-electron chi connectivity index (χ3n) is 6.49. The van der Waals surface area contributed by atoms with E-state index in [2.05, 4.69) is 20.8 Å². The lowest BCUT2D eigenvalue weighted by Crippen LogP contribution is -2.29. The maximum Gasteiger partial charge on any atom is 0.300 e. The van der Waals surface area contributed by atoms with Gasteiger partial charge in [0.2, 0.25) is 0 Å². The molecule has 0 saturated carbocycles. The quantitative estimate of drug-likeness (QED) is 0.231. The van der Waals surface area contributed by atoms with E-state index in [4.69, 9.17) is 9.47 Å². The highest BCUT2D eigenvalue weighted by Gasteiger charge is 2.48. The maximum absolute atomic E-state index is 13.5. The first-order chi connectivity index (χ1) is 17.7. The van der Waals surface area contributed by atoms with Crippen molar-refractivity contribution >= 4 is 23.1 Å². The van der Waals surface area contributed by atoms with Gasteiger partial charge in [-0.1, -0.05) is 58.0 Å². The third kappa shape index (κ3) is 5.10. The molecule has 0 spiro atoms. The fourth-order valence-electron chi connectivity index (χ4n) is 4.49. The number of anilines is 1. The molecule has 0 aromatic heterocycles. The monoisotopic (exact) mass is 499 g/mol. The highest BCUT2D eigenvalue weighted by Crippen LogP contribution is 2.45. The molecular formula is C31H33NO5. The largest absolute Gasteiger partial charge is 0.507 e. The van der Waals surface area contributed by atoms with Gasteiger partial charge in [-0.15, -0.1) is 0 Å². The van der Waals surface area contributed by atoms with Crippen LogP contribution >= 0.6 is 0 Å². The second kappa shape index (κ2) is 10.5. The SMILES string of the molecule is CCCOc1ccc(/C(O)=C2\C(=O)C(=O)N(c3ccc(C(C)(C)C)cc3)C2c2ccccc2OC)cc1. The molecule has 6 nitrogen and oxygen atoms in total. The van der Waals surface area contributed by atoms with Gasteiger partial charge in [-0.05, 0) is 59.9 Å². The fourth-order valence-corrected chi connectivity index (χ4v) is 4.49. The Morgan fingerprint density at radius 1 is 0.946 bits per heavy atom. The zero-order chi connectivity index (χ0) is 26.7. The van der Waals surface area contributed by atoms with Crippen molar-refractivity contribution in [2.24, 2.45) is 0 Å². The topological polar surface area (TPSA) is 76.1 Å². The number of ketones is 1. The molecular weight excluding hydrogens is 466 g/mol. The molecule has 3 aromatic rings. The summed E-state index contributed by atoms with van der Waals surface area (Å²) in [4.78, 5) is 28.3. The Kier molecular flexibility index (Phi) is 7.39. The number of rotatable bonds is 7. The van der Waals surface area contributed by atoms with Crippen LogP contribution < -0.4 is 14.4 Å². The Balaban J connectivity index is 1.87. The molecule has 192 valence electrons. The normalized spacial score (nSPS) is 17.2. The Morgan fingerprint density at radius 2 is 1.59 bits per heavy atom. The number of amides is 1. The zero-order valence-corrected chi connectivity index (χ0v) is 21.9. The molecule has 1 heterocycles. The van der Waals surface area contributed by atoms with E-state index in [1.165, 1.54) is 12.0 Å². The number of hydrogen-bond acceptors (Lipinski definition) is 5. The molecule has 37 heavy (non-hydrogen) atoms. The van der Waals surface area contributed by atoms with Crippen LogP contribution in [0.2, 0.25) is 0 Å². The Labute approximate surface area is 218 Å². The smallest absolute Gasteiger partial charge is 0.300 e. The summed E-state index contributed by atoms with van der Waals surface area (Å²) in [6.45, 7) is 8.94. The van der Waals surface area contributed by atoms with Crippen LogP contribution in [0.5, 0.6) is 11.5 Å². The molecule has 1 N–H and O–H groups in total. The minimum atomic E-state index is -0.868. The summed E-state index contributed by atoms with van der Waals surface area (Å²) in [5.74, 6) is -0.521. The van der Waals surface area contributed by atoms with E-state index < -0.39 is 17.7 Å². The predicted octanol–water partition coefficient (Wildman–Crippen LogP) is 6.41. The first-order valence-corrected chi connectivity index (χ1v) is 12.4. The van der Waals surface area contributed by atoms with E-state index in [-0.39, 0.29) is 16.7 Å². The van der Waals surface area contributed by atoms with Gasteiger partial charge in [0, 0.05) is 16.8 Å². The lowest BCUT2D eigenvalue weighted by atomic mass is 9.87.